The van der Waals surface area contributed by atoms with Crippen molar-refractivity contribution in [1.82, 2.24) is 0 Å². The van der Waals surface area contributed by atoms with E-state index in [2.05, 4.69) is 51.2 Å². The van der Waals surface area contributed by atoms with Gasteiger partial charge in [-0.15, -0.1) is 0 Å². The molecule has 1 aromatic carbocycles. The maximum absolute atomic E-state index is 9.68. The first-order chi connectivity index (χ1) is 8.55. The van der Waals surface area contributed by atoms with E-state index in [1.54, 1.807) is 0 Å². The third-order valence-electron chi connectivity index (χ3n) is 4.11. The molecule has 0 fully saturated rings. The van der Waals surface area contributed by atoms with Crippen molar-refractivity contribution >= 4 is 0 Å². The molecule has 2 heteroatoms. The van der Waals surface area contributed by atoms with Crippen molar-refractivity contribution in [2.75, 3.05) is 20.2 Å². The molecule has 0 saturated heterocycles. The molecule has 1 aliphatic rings. The number of fused-ring (bicyclic) bond motifs is 1. The standard InChI is InChI=1S/C16H24NO/c1-13(2)8-9-17(3)11-15-7-5-4-6-14(15)10-16(17)12-18/h4-8,16,18H,9-12H2,1-3H3/q+1/t16-,17+/m0/s1. The zero-order valence-electron chi connectivity index (χ0n) is 11.7. The van der Waals surface area contributed by atoms with Gasteiger partial charge in [0, 0.05) is 12.0 Å². The summed E-state index contributed by atoms with van der Waals surface area (Å²) >= 11 is 0. The zero-order valence-corrected chi connectivity index (χ0v) is 11.7. The van der Waals surface area contributed by atoms with Gasteiger partial charge in [-0.2, -0.15) is 0 Å². The summed E-state index contributed by atoms with van der Waals surface area (Å²) in [6, 6.07) is 8.95. The Morgan fingerprint density at radius 1 is 1.33 bits per heavy atom. The van der Waals surface area contributed by atoms with Crippen LogP contribution in [0.2, 0.25) is 0 Å². The zero-order chi connectivity index (χ0) is 13.2. The number of aliphatic hydroxyl groups is 1. The second kappa shape index (κ2) is 5.25. The van der Waals surface area contributed by atoms with Crippen molar-refractivity contribution < 1.29 is 9.59 Å². The Morgan fingerprint density at radius 3 is 2.61 bits per heavy atom. The average Bonchev–Trinajstić information content (AvgIpc) is 2.35. The van der Waals surface area contributed by atoms with Crippen molar-refractivity contribution in [2.45, 2.75) is 32.9 Å². The fourth-order valence-electron chi connectivity index (χ4n) is 2.77. The number of nitrogens with zero attached hydrogens (tertiary/aromatic N) is 1. The van der Waals surface area contributed by atoms with E-state index in [4.69, 9.17) is 0 Å². The third-order valence-corrected chi connectivity index (χ3v) is 4.11. The molecule has 0 bridgehead atoms. The van der Waals surface area contributed by atoms with E-state index >= 15 is 0 Å². The smallest absolute Gasteiger partial charge is 0.117 e. The van der Waals surface area contributed by atoms with Crippen molar-refractivity contribution in [3.63, 3.8) is 0 Å². The minimum atomic E-state index is 0.265. The van der Waals surface area contributed by atoms with Gasteiger partial charge in [0.2, 0.25) is 0 Å². The maximum atomic E-state index is 9.68. The number of aliphatic hydroxyl groups excluding tert-OH is 1. The minimum absolute atomic E-state index is 0.265. The lowest BCUT2D eigenvalue weighted by Crippen LogP contribution is -2.56. The highest BCUT2D eigenvalue weighted by Gasteiger charge is 2.36. The first-order valence-electron chi connectivity index (χ1n) is 6.70. The molecule has 0 radical (unpaired) electrons. The van der Waals surface area contributed by atoms with Crippen LogP contribution in [0.5, 0.6) is 0 Å². The molecular weight excluding hydrogens is 222 g/mol. The van der Waals surface area contributed by atoms with E-state index < -0.39 is 0 Å². The van der Waals surface area contributed by atoms with E-state index in [1.165, 1.54) is 16.7 Å². The van der Waals surface area contributed by atoms with Crippen LogP contribution in [0, 0.1) is 0 Å². The number of likely N-dealkylation sites (N-methyl/N-ethyl adjacent to an activating group) is 1. The van der Waals surface area contributed by atoms with Gasteiger partial charge in [-0.05, 0) is 25.5 Å². The van der Waals surface area contributed by atoms with Crippen LogP contribution < -0.4 is 0 Å². The summed E-state index contributed by atoms with van der Waals surface area (Å²) in [7, 11) is 2.26. The highest BCUT2D eigenvalue weighted by molar-refractivity contribution is 5.28. The predicted molar refractivity (Wildman–Crippen MR) is 75.2 cm³/mol. The Labute approximate surface area is 110 Å². The molecule has 2 atom stereocenters. The molecule has 1 aliphatic heterocycles. The van der Waals surface area contributed by atoms with Gasteiger partial charge in [0.05, 0.1) is 20.2 Å². The highest BCUT2D eigenvalue weighted by Crippen LogP contribution is 2.28. The molecular formula is C16H24NO+. The van der Waals surface area contributed by atoms with Crippen molar-refractivity contribution in [3.05, 3.63) is 47.0 Å². The summed E-state index contributed by atoms with van der Waals surface area (Å²) in [5.41, 5.74) is 4.20. The SMILES string of the molecule is CC(C)=CC[N@+]1(C)Cc2ccccc2C[C@H]1CO. The van der Waals surface area contributed by atoms with Crippen molar-refractivity contribution in [1.29, 1.82) is 0 Å². The normalized spacial score (nSPS) is 26.6. The molecule has 0 aliphatic carbocycles. The first kappa shape index (κ1) is 13.3. The Balaban J connectivity index is 2.28. The molecule has 1 aromatic rings. The fraction of sp³-hybridized carbons (Fsp3) is 0.500. The van der Waals surface area contributed by atoms with Crippen LogP contribution in [0.3, 0.4) is 0 Å². The molecule has 0 amide bonds. The van der Waals surface area contributed by atoms with Crippen LogP contribution in [-0.4, -0.2) is 35.8 Å². The van der Waals surface area contributed by atoms with Crippen molar-refractivity contribution in [2.24, 2.45) is 0 Å². The summed E-state index contributed by atoms with van der Waals surface area (Å²) in [5.74, 6) is 0. The topological polar surface area (TPSA) is 20.2 Å². The van der Waals surface area contributed by atoms with Gasteiger partial charge in [0.25, 0.3) is 0 Å². The summed E-state index contributed by atoms with van der Waals surface area (Å²) in [6.45, 7) is 6.56. The number of benzene rings is 1. The van der Waals surface area contributed by atoms with Crippen LogP contribution in [0.4, 0.5) is 0 Å². The van der Waals surface area contributed by atoms with Gasteiger partial charge in [0.15, 0.2) is 0 Å². The Kier molecular flexibility index (Phi) is 3.88. The molecule has 0 unspecified atom stereocenters. The molecule has 2 nitrogen and oxygen atoms in total. The molecule has 1 heterocycles. The monoisotopic (exact) mass is 246 g/mol. The van der Waals surface area contributed by atoms with Crippen LogP contribution in [0.1, 0.15) is 25.0 Å². The maximum Gasteiger partial charge on any atom is 0.117 e. The quantitative estimate of drug-likeness (QED) is 0.642. The van der Waals surface area contributed by atoms with Gasteiger partial charge < -0.3 is 9.59 Å². The Morgan fingerprint density at radius 2 is 2.00 bits per heavy atom. The second-order valence-corrected chi connectivity index (χ2v) is 5.91. The van der Waals surface area contributed by atoms with Crippen LogP contribution in [0.25, 0.3) is 0 Å². The minimum Gasteiger partial charge on any atom is -0.390 e. The summed E-state index contributed by atoms with van der Waals surface area (Å²) in [6.07, 6.45) is 3.27. The molecule has 2 rings (SSSR count). The highest BCUT2D eigenvalue weighted by atomic mass is 16.3. The van der Waals surface area contributed by atoms with Gasteiger partial charge in [-0.3, -0.25) is 0 Å². The second-order valence-electron chi connectivity index (χ2n) is 5.91. The molecule has 0 saturated carbocycles. The lowest BCUT2D eigenvalue weighted by molar-refractivity contribution is -0.943. The lowest BCUT2D eigenvalue weighted by atomic mass is 9.92. The molecule has 1 N–H and O–H groups in total. The molecule has 98 valence electrons. The Hall–Kier alpha value is -1.12. The fourth-order valence-corrected chi connectivity index (χ4v) is 2.77. The van der Waals surface area contributed by atoms with Crippen LogP contribution in [0.15, 0.2) is 35.9 Å². The van der Waals surface area contributed by atoms with Gasteiger partial charge in [0.1, 0.15) is 12.6 Å². The van der Waals surface area contributed by atoms with Gasteiger partial charge in [-0.25, -0.2) is 0 Å². The van der Waals surface area contributed by atoms with E-state index in [9.17, 15) is 5.11 Å². The Bertz CT molecular complexity index is 448. The largest absolute Gasteiger partial charge is 0.390 e. The number of hydrogen-bond acceptors (Lipinski definition) is 1. The molecule has 0 spiro atoms. The number of hydrogen-bond donors (Lipinski definition) is 1. The molecule has 0 aromatic heterocycles. The lowest BCUT2D eigenvalue weighted by Gasteiger charge is -2.44. The van der Waals surface area contributed by atoms with E-state index in [0.29, 0.717) is 6.04 Å². The van der Waals surface area contributed by atoms with Crippen LogP contribution in [-0.2, 0) is 13.0 Å². The molecule has 18 heavy (non-hydrogen) atoms. The summed E-state index contributed by atoms with van der Waals surface area (Å²) in [4.78, 5) is 0. The van der Waals surface area contributed by atoms with Crippen molar-refractivity contribution in [3.8, 4) is 0 Å². The number of quaternary nitrogens is 1. The average molecular weight is 246 g/mol. The van der Waals surface area contributed by atoms with Crippen LogP contribution >= 0.6 is 0 Å². The third kappa shape index (κ3) is 2.65. The van der Waals surface area contributed by atoms with Gasteiger partial charge in [-0.1, -0.05) is 29.8 Å². The van der Waals surface area contributed by atoms with E-state index in [0.717, 1.165) is 24.0 Å². The summed E-state index contributed by atoms with van der Waals surface area (Å²) < 4.78 is 0.915. The van der Waals surface area contributed by atoms with E-state index in [1.807, 2.05) is 0 Å². The van der Waals surface area contributed by atoms with E-state index in [-0.39, 0.29) is 6.61 Å². The number of allylic oxidation sites excluding steroid dienone is 1. The van der Waals surface area contributed by atoms with Gasteiger partial charge >= 0.3 is 0 Å². The number of rotatable bonds is 3. The summed E-state index contributed by atoms with van der Waals surface area (Å²) in [5, 5.41) is 9.68. The predicted octanol–water partition coefficient (Wildman–Crippen LogP) is 2.52. The first-order valence-corrected chi connectivity index (χ1v) is 6.70.